The Morgan fingerprint density at radius 2 is 1.81 bits per heavy atom. The van der Waals surface area contributed by atoms with Gasteiger partial charge in [0, 0.05) is 46.4 Å². The number of ether oxygens (including phenoxy) is 2. The van der Waals surface area contributed by atoms with Crippen molar-refractivity contribution in [3.63, 3.8) is 0 Å². The van der Waals surface area contributed by atoms with Crippen LogP contribution in [0.15, 0.2) is 60.7 Å². The fourth-order valence-corrected chi connectivity index (χ4v) is 6.37. The van der Waals surface area contributed by atoms with Crippen molar-refractivity contribution in [2.45, 2.75) is 57.3 Å². The molecule has 2 atom stereocenters. The normalized spacial score (nSPS) is 20.3. The summed E-state index contributed by atoms with van der Waals surface area (Å²) in [7, 11) is 0. The highest BCUT2D eigenvalue weighted by atomic mass is 19.2. The van der Waals surface area contributed by atoms with Crippen LogP contribution in [0.2, 0.25) is 0 Å². The number of benzene rings is 3. The summed E-state index contributed by atoms with van der Waals surface area (Å²) in [5.41, 5.74) is 0.827. The lowest BCUT2D eigenvalue weighted by Gasteiger charge is -2.48. The number of carbonyl (C=O) groups excluding carboxylic acids is 1. The summed E-state index contributed by atoms with van der Waals surface area (Å²) in [5.74, 6) is -3.96. The third-order valence-electron chi connectivity index (χ3n) is 8.54. The smallest absolute Gasteiger partial charge is 0.326 e. The average Bonchev–Trinajstić information content (AvgIpc) is 3.33. The third kappa shape index (κ3) is 4.83. The Hall–Kier alpha value is -4.31. The molecule has 1 N–H and O–H groups in total. The number of carboxylic acid groups (broad SMARTS) is 1. The summed E-state index contributed by atoms with van der Waals surface area (Å²) in [5, 5.41) is 10.1. The van der Waals surface area contributed by atoms with Crippen molar-refractivity contribution >= 4 is 22.8 Å². The third-order valence-corrected chi connectivity index (χ3v) is 8.54. The van der Waals surface area contributed by atoms with Crippen LogP contribution in [0.1, 0.15) is 50.4 Å². The second-order valence-electron chi connectivity index (χ2n) is 11.9. The second kappa shape index (κ2) is 10.4. The highest BCUT2D eigenvalue weighted by molar-refractivity contribution is 5.95. The van der Waals surface area contributed by atoms with Crippen molar-refractivity contribution in [3.8, 4) is 11.4 Å². The van der Waals surface area contributed by atoms with Crippen LogP contribution >= 0.6 is 0 Å². The number of aromatic nitrogens is 1. The molecule has 0 aliphatic carbocycles. The van der Waals surface area contributed by atoms with E-state index in [9.17, 15) is 23.5 Å². The number of amides is 1. The van der Waals surface area contributed by atoms with Crippen molar-refractivity contribution in [1.29, 1.82) is 0 Å². The van der Waals surface area contributed by atoms with E-state index >= 15 is 4.39 Å². The molecule has 2 unspecified atom stereocenters. The lowest BCUT2D eigenvalue weighted by Crippen LogP contribution is -2.55. The molecule has 0 saturated carbocycles. The maximum Gasteiger partial charge on any atom is 0.326 e. The van der Waals surface area contributed by atoms with E-state index in [-0.39, 0.29) is 44.0 Å². The first-order chi connectivity index (χ1) is 20.4. The summed E-state index contributed by atoms with van der Waals surface area (Å²) in [4.78, 5) is 26.5. The summed E-state index contributed by atoms with van der Waals surface area (Å²) in [6.45, 7) is 5.73. The number of carboxylic acids is 1. The molecule has 1 saturated heterocycles. The Kier molecular flexibility index (Phi) is 7.00. The zero-order chi connectivity index (χ0) is 30.7. The molecule has 3 aromatic carbocycles. The van der Waals surface area contributed by atoms with E-state index in [4.69, 9.17) is 9.47 Å². The molecule has 2 aliphatic rings. The van der Waals surface area contributed by atoms with Crippen molar-refractivity contribution in [3.05, 3.63) is 94.9 Å². The van der Waals surface area contributed by atoms with E-state index in [1.807, 2.05) is 44.2 Å². The second-order valence-corrected chi connectivity index (χ2v) is 11.9. The van der Waals surface area contributed by atoms with Gasteiger partial charge in [0.1, 0.15) is 29.8 Å². The molecule has 224 valence electrons. The molecule has 3 heterocycles. The lowest BCUT2D eigenvalue weighted by atomic mass is 9.73. The maximum absolute atomic E-state index is 15.4. The van der Waals surface area contributed by atoms with Crippen LogP contribution in [0, 0.1) is 17.5 Å². The molecular weight excluding hydrogens is 561 g/mol. The predicted octanol–water partition coefficient (Wildman–Crippen LogP) is 6.23. The van der Waals surface area contributed by atoms with Crippen LogP contribution in [0.25, 0.3) is 16.6 Å². The number of hydrogen-bond donors (Lipinski definition) is 1. The van der Waals surface area contributed by atoms with Gasteiger partial charge in [-0.25, -0.2) is 18.0 Å². The minimum Gasteiger partial charge on any atom is -0.488 e. The molecule has 1 amide bonds. The standard InChI is InChI=1S/C33H31F3N2O5/c1-19(31(40)41)37-12-11-33(16-27(37)39)29-28-25(13-21(34)14-26(28)42-17-20-7-5-4-6-8-20)38(30(29)32(2,3)18-43-33)22-9-10-23(35)24(36)15-22/h4-10,13-15,19H,11-12,16-18H2,1-3H3,(H,40,41). The molecule has 1 spiro atoms. The SMILES string of the molecule is CC(C(=O)O)N1CCC2(CC1=O)OCC(C)(C)c1c2c2c(OCc3ccccc3)cc(F)cc2n1-c1ccc(F)c(F)c1. The van der Waals surface area contributed by atoms with E-state index in [0.717, 1.165) is 17.7 Å². The van der Waals surface area contributed by atoms with Gasteiger partial charge in [0.2, 0.25) is 5.91 Å². The molecule has 2 aliphatic heterocycles. The molecular formula is C33H31F3N2O5. The van der Waals surface area contributed by atoms with Crippen LogP contribution in [0.5, 0.6) is 5.75 Å². The number of hydrogen-bond acceptors (Lipinski definition) is 4. The number of aliphatic carboxylic acids is 1. The van der Waals surface area contributed by atoms with Crippen LogP contribution < -0.4 is 4.74 Å². The minimum atomic E-state index is -1.19. The molecule has 1 fully saturated rings. The van der Waals surface area contributed by atoms with Gasteiger partial charge in [0.05, 0.1) is 18.5 Å². The van der Waals surface area contributed by atoms with Crippen LogP contribution in [0.3, 0.4) is 0 Å². The van der Waals surface area contributed by atoms with Gasteiger partial charge in [0.25, 0.3) is 0 Å². The molecule has 1 aromatic heterocycles. The molecule has 6 rings (SSSR count). The van der Waals surface area contributed by atoms with E-state index < -0.39 is 46.4 Å². The van der Waals surface area contributed by atoms with Gasteiger partial charge in [-0.1, -0.05) is 44.2 Å². The van der Waals surface area contributed by atoms with Gasteiger partial charge in [-0.2, -0.15) is 0 Å². The molecule has 43 heavy (non-hydrogen) atoms. The van der Waals surface area contributed by atoms with Crippen molar-refractivity contribution in [1.82, 2.24) is 9.47 Å². The molecule has 4 aromatic rings. The summed E-state index contributed by atoms with van der Waals surface area (Å²) >= 11 is 0. The fourth-order valence-electron chi connectivity index (χ4n) is 6.37. The van der Waals surface area contributed by atoms with Crippen molar-refractivity contribution in [2.24, 2.45) is 0 Å². The van der Waals surface area contributed by atoms with Crippen LogP contribution in [-0.4, -0.2) is 45.6 Å². The number of carbonyl (C=O) groups is 2. The maximum atomic E-state index is 15.4. The summed E-state index contributed by atoms with van der Waals surface area (Å²) < 4.78 is 58.6. The first-order valence-corrected chi connectivity index (χ1v) is 14.1. The Labute approximate surface area is 246 Å². The lowest BCUT2D eigenvalue weighted by molar-refractivity contribution is -0.166. The largest absolute Gasteiger partial charge is 0.488 e. The molecule has 0 bridgehead atoms. The number of piperidine rings is 1. The first-order valence-electron chi connectivity index (χ1n) is 14.1. The topological polar surface area (TPSA) is 81.0 Å². The number of nitrogens with zero attached hydrogens (tertiary/aromatic N) is 2. The van der Waals surface area contributed by atoms with Gasteiger partial charge in [-0.15, -0.1) is 0 Å². The predicted molar refractivity (Wildman–Crippen MR) is 153 cm³/mol. The minimum absolute atomic E-state index is 0.116. The van der Waals surface area contributed by atoms with Gasteiger partial charge in [-0.3, -0.25) is 4.79 Å². The first kappa shape index (κ1) is 28.8. The quantitative estimate of drug-likeness (QED) is 0.287. The zero-order valence-corrected chi connectivity index (χ0v) is 24.0. The fraction of sp³-hybridized carbons (Fsp3) is 0.333. The average molecular weight is 593 g/mol. The van der Waals surface area contributed by atoms with Crippen LogP contribution in [-0.2, 0) is 31.9 Å². The zero-order valence-electron chi connectivity index (χ0n) is 24.0. The summed E-state index contributed by atoms with van der Waals surface area (Å²) in [6, 6.07) is 14.4. The summed E-state index contributed by atoms with van der Waals surface area (Å²) in [6.07, 6.45) is 0.117. The Balaban J connectivity index is 1.62. The van der Waals surface area contributed by atoms with E-state index in [0.29, 0.717) is 22.2 Å². The van der Waals surface area contributed by atoms with Gasteiger partial charge < -0.3 is 24.0 Å². The molecule has 0 radical (unpaired) electrons. The van der Waals surface area contributed by atoms with Crippen molar-refractivity contribution in [2.75, 3.05) is 13.2 Å². The van der Waals surface area contributed by atoms with E-state index in [2.05, 4.69) is 0 Å². The molecule has 10 heteroatoms. The Morgan fingerprint density at radius 1 is 1.07 bits per heavy atom. The number of fused-ring (bicyclic) bond motifs is 4. The Bertz CT molecular complexity index is 1750. The van der Waals surface area contributed by atoms with Gasteiger partial charge in [-0.05, 0) is 37.1 Å². The number of likely N-dealkylation sites (tertiary alicyclic amines) is 1. The highest BCUT2D eigenvalue weighted by Gasteiger charge is 2.53. The van der Waals surface area contributed by atoms with E-state index in [1.54, 1.807) is 4.57 Å². The van der Waals surface area contributed by atoms with Crippen LogP contribution in [0.4, 0.5) is 13.2 Å². The van der Waals surface area contributed by atoms with Gasteiger partial charge in [0.15, 0.2) is 11.6 Å². The number of halogens is 3. The van der Waals surface area contributed by atoms with Gasteiger partial charge >= 0.3 is 5.97 Å². The number of rotatable bonds is 6. The molecule has 7 nitrogen and oxygen atoms in total. The Morgan fingerprint density at radius 3 is 2.49 bits per heavy atom. The highest BCUT2D eigenvalue weighted by Crippen LogP contribution is 2.54. The monoisotopic (exact) mass is 592 g/mol. The van der Waals surface area contributed by atoms with Crippen molar-refractivity contribution < 1.29 is 37.3 Å². The van der Waals surface area contributed by atoms with E-state index in [1.165, 1.54) is 30.0 Å².